The van der Waals surface area contributed by atoms with Crippen molar-refractivity contribution in [1.29, 1.82) is 0 Å². The van der Waals surface area contributed by atoms with Gasteiger partial charge in [-0.05, 0) is 30.2 Å². The van der Waals surface area contributed by atoms with Gasteiger partial charge in [-0.25, -0.2) is 9.78 Å². The Bertz CT molecular complexity index is 688. The largest absolute Gasteiger partial charge is 0.472 e. The molecular weight excluding hydrogens is 326 g/mol. The van der Waals surface area contributed by atoms with Gasteiger partial charge in [-0.1, -0.05) is 29.8 Å². The number of nitrogens with one attached hydrogen (secondary N) is 1. The number of likely N-dealkylation sites (tertiary alicyclic amines) is 1. The predicted octanol–water partition coefficient (Wildman–Crippen LogP) is 3.41. The second kappa shape index (κ2) is 7.53. The number of halogens is 1. The van der Waals surface area contributed by atoms with Gasteiger partial charge in [-0.15, -0.1) is 0 Å². The van der Waals surface area contributed by atoms with Crippen molar-refractivity contribution < 1.29 is 9.53 Å². The smallest absolute Gasteiger partial charge is 0.317 e. The molecule has 1 atom stereocenters. The van der Waals surface area contributed by atoms with E-state index in [4.69, 9.17) is 16.3 Å². The van der Waals surface area contributed by atoms with Crippen LogP contribution in [0, 0.1) is 6.92 Å². The van der Waals surface area contributed by atoms with E-state index >= 15 is 0 Å². The van der Waals surface area contributed by atoms with Gasteiger partial charge in [0.1, 0.15) is 6.10 Å². The SMILES string of the molecule is Cc1ccc(OC2CCN(C(=O)NCc3ccc(Cl)cc3)C2)nc1. The summed E-state index contributed by atoms with van der Waals surface area (Å²) in [5.41, 5.74) is 2.11. The monoisotopic (exact) mass is 345 g/mol. The number of nitrogens with zero attached hydrogens (tertiary/aromatic N) is 2. The molecule has 0 saturated carbocycles. The van der Waals surface area contributed by atoms with Gasteiger partial charge in [0.05, 0.1) is 6.54 Å². The molecule has 1 aliphatic rings. The number of hydrogen-bond acceptors (Lipinski definition) is 3. The van der Waals surface area contributed by atoms with Crippen molar-refractivity contribution in [1.82, 2.24) is 15.2 Å². The van der Waals surface area contributed by atoms with Crippen LogP contribution < -0.4 is 10.1 Å². The molecule has 1 aliphatic heterocycles. The highest BCUT2D eigenvalue weighted by molar-refractivity contribution is 6.30. The minimum atomic E-state index is -0.0760. The molecule has 0 aliphatic carbocycles. The first-order chi connectivity index (χ1) is 11.6. The standard InChI is InChI=1S/C18H20ClN3O2/c1-13-2-7-17(20-10-13)24-16-8-9-22(12-16)18(23)21-11-14-3-5-15(19)6-4-14/h2-7,10,16H,8-9,11-12H2,1H3,(H,21,23). The number of carbonyl (C=O) groups is 1. The Balaban J connectivity index is 1.46. The van der Waals surface area contributed by atoms with Crippen molar-refractivity contribution in [3.8, 4) is 5.88 Å². The van der Waals surface area contributed by atoms with Gasteiger partial charge in [0, 0.05) is 36.8 Å². The Hall–Kier alpha value is -2.27. The molecule has 1 fully saturated rings. The molecular formula is C18H20ClN3O2. The number of carbonyl (C=O) groups excluding carboxylic acids is 1. The normalized spacial score (nSPS) is 16.9. The number of aromatic nitrogens is 1. The lowest BCUT2D eigenvalue weighted by Crippen LogP contribution is -2.39. The van der Waals surface area contributed by atoms with Crippen LogP contribution in [0.4, 0.5) is 4.79 Å². The summed E-state index contributed by atoms with van der Waals surface area (Å²) in [6, 6.07) is 11.2. The van der Waals surface area contributed by atoms with Gasteiger partial charge in [-0.3, -0.25) is 0 Å². The molecule has 6 heteroatoms. The third-order valence-electron chi connectivity index (χ3n) is 3.96. The van der Waals surface area contributed by atoms with Crippen molar-refractivity contribution in [3.05, 3.63) is 58.7 Å². The van der Waals surface area contributed by atoms with E-state index in [1.165, 1.54) is 0 Å². The molecule has 3 rings (SSSR count). The highest BCUT2D eigenvalue weighted by atomic mass is 35.5. The summed E-state index contributed by atoms with van der Waals surface area (Å²) in [7, 11) is 0. The Morgan fingerprint density at radius 3 is 2.83 bits per heavy atom. The van der Waals surface area contributed by atoms with Gasteiger partial charge in [0.15, 0.2) is 0 Å². The third-order valence-corrected chi connectivity index (χ3v) is 4.21. The van der Waals surface area contributed by atoms with Crippen LogP contribution in [0.2, 0.25) is 5.02 Å². The minimum absolute atomic E-state index is 0.0125. The lowest BCUT2D eigenvalue weighted by molar-refractivity contribution is 0.183. The third kappa shape index (κ3) is 4.38. The van der Waals surface area contributed by atoms with E-state index in [-0.39, 0.29) is 12.1 Å². The first-order valence-corrected chi connectivity index (χ1v) is 8.34. The summed E-state index contributed by atoms with van der Waals surface area (Å²) in [4.78, 5) is 18.3. The average Bonchev–Trinajstić information content (AvgIpc) is 3.05. The number of ether oxygens (including phenoxy) is 1. The molecule has 126 valence electrons. The predicted molar refractivity (Wildman–Crippen MR) is 93.3 cm³/mol. The average molecular weight is 346 g/mol. The van der Waals surface area contributed by atoms with Gasteiger partial charge in [-0.2, -0.15) is 0 Å². The number of benzene rings is 1. The fourth-order valence-electron chi connectivity index (χ4n) is 2.60. The van der Waals surface area contributed by atoms with E-state index in [0.717, 1.165) is 17.5 Å². The van der Waals surface area contributed by atoms with Crippen molar-refractivity contribution in [3.63, 3.8) is 0 Å². The number of urea groups is 1. The minimum Gasteiger partial charge on any atom is -0.472 e. The summed E-state index contributed by atoms with van der Waals surface area (Å²) >= 11 is 5.85. The summed E-state index contributed by atoms with van der Waals surface area (Å²) in [6.45, 7) is 3.72. The maximum absolute atomic E-state index is 12.2. The van der Waals surface area contributed by atoms with Gasteiger partial charge in [0.2, 0.25) is 5.88 Å². The second-order valence-electron chi connectivity index (χ2n) is 5.93. The fourth-order valence-corrected chi connectivity index (χ4v) is 2.72. The summed E-state index contributed by atoms with van der Waals surface area (Å²) in [5, 5.41) is 3.61. The zero-order valence-electron chi connectivity index (χ0n) is 13.5. The van der Waals surface area contributed by atoms with Crippen LogP contribution >= 0.6 is 11.6 Å². The number of hydrogen-bond donors (Lipinski definition) is 1. The molecule has 0 spiro atoms. The molecule has 1 aromatic carbocycles. The Morgan fingerprint density at radius 1 is 1.33 bits per heavy atom. The summed E-state index contributed by atoms with van der Waals surface area (Å²) < 4.78 is 5.84. The second-order valence-corrected chi connectivity index (χ2v) is 6.37. The molecule has 24 heavy (non-hydrogen) atoms. The highest BCUT2D eigenvalue weighted by Gasteiger charge is 2.27. The van der Waals surface area contributed by atoms with E-state index in [1.54, 1.807) is 11.1 Å². The van der Waals surface area contributed by atoms with Crippen LogP contribution in [-0.2, 0) is 6.54 Å². The van der Waals surface area contributed by atoms with Crippen molar-refractivity contribution in [2.75, 3.05) is 13.1 Å². The van der Waals surface area contributed by atoms with Gasteiger partial charge in [0.25, 0.3) is 0 Å². The first-order valence-electron chi connectivity index (χ1n) is 7.97. The van der Waals surface area contributed by atoms with Crippen LogP contribution in [0.1, 0.15) is 17.5 Å². The van der Waals surface area contributed by atoms with E-state index in [9.17, 15) is 4.79 Å². The molecule has 5 nitrogen and oxygen atoms in total. The molecule has 2 amide bonds. The van der Waals surface area contributed by atoms with Crippen molar-refractivity contribution in [2.45, 2.75) is 26.0 Å². The lowest BCUT2D eigenvalue weighted by atomic mass is 10.2. The van der Waals surface area contributed by atoms with E-state index in [2.05, 4.69) is 10.3 Å². The molecule has 0 bridgehead atoms. The highest BCUT2D eigenvalue weighted by Crippen LogP contribution is 2.17. The van der Waals surface area contributed by atoms with Crippen LogP contribution in [0.5, 0.6) is 5.88 Å². The molecule has 2 heterocycles. The molecule has 1 unspecified atom stereocenters. The van der Waals surface area contributed by atoms with E-state index in [0.29, 0.717) is 30.5 Å². The zero-order valence-corrected chi connectivity index (χ0v) is 14.3. The Labute approximate surface area is 146 Å². The lowest BCUT2D eigenvalue weighted by Gasteiger charge is -2.17. The van der Waals surface area contributed by atoms with Crippen molar-refractivity contribution in [2.24, 2.45) is 0 Å². The number of pyridine rings is 1. The molecule has 1 saturated heterocycles. The van der Waals surface area contributed by atoms with E-state index in [1.807, 2.05) is 43.3 Å². The Kier molecular flexibility index (Phi) is 5.20. The maximum atomic E-state index is 12.2. The van der Waals surface area contributed by atoms with Crippen LogP contribution in [0.25, 0.3) is 0 Å². The first kappa shape index (κ1) is 16.6. The fraction of sp³-hybridized carbons (Fsp3) is 0.333. The van der Waals surface area contributed by atoms with Gasteiger partial charge >= 0.3 is 6.03 Å². The topological polar surface area (TPSA) is 54.5 Å². The molecule has 0 radical (unpaired) electrons. The number of rotatable bonds is 4. The number of aryl methyl sites for hydroxylation is 1. The zero-order chi connectivity index (χ0) is 16.9. The maximum Gasteiger partial charge on any atom is 0.317 e. The molecule has 1 N–H and O–H groups in total. The van der Waals surface area contributed by atoms with Crippen molar-refractivity contribution >= 4 is 17.6 Å². The van der Waals surface area contributed by atoms with Crippen LogP contribution in [0.3, 0.4) is 0 Å². The van der Waals surface area contributed by atoms with Gasteiger partial charge < -0.3 is 15.0 Å². The molecule has 1 aromatic heterocycles. The molecule has 2 aromatic rings. The Morgan fingerprint density at radius 2 is 2.12 bits per heavy atom. The summed E-state index contributed by atoms with van der Waals surface area (Å²) in [6.07, 6.45) is 2.58. The van der Waals surface area contributed by atoms with E-state index < -0.39 is 0 Å². The summed E-state index contributed by atoms with van der Waals surface area (Å²) in [5.74, 6) is 0.606. The quantitative estimate of drug-likeness (QED) is 0.924. The van der Waals surface area contributed by atoms with Crippen LogP contribution in [-0.4, -0.2) is 35.1 Å². The number of amides is 2. The van der Waals surface area contributed by atoms with Crippen LogP contribution in [0.15, 0.2) is 42.6 Å².